The van der Waals surface area contributed by atoms with Gasteiger partial charge in [-0.15, -0.1) is 0 Å². The summed E-state index contributed by atoms with van der Waals surface area (Å²) >= 11 is 0. The van der Waals surface area contributed by atoms with Crippen molar-refractivity contribution in [3.63, 3.8) is 0 Å². The molecule has 0 aliphatic heterocycles. The molecule has 29 heavy (non-hydrogen) atoms. The minimum atomic E-state index is 0.00139. The molecule has 0 radical (unpaired) electrons. The molecule has 4 aromatic rings. The number of hydrogen-bond acceptors (Lipinski definition) is 2. The van der Waals surface area contributed by atoms with Crippen molar-refractivity contribution >= 4 is 22.4 Å². The molecule has 1 heterocycles. The van der Waals surface area contributed by atoms with Gasteiger partial charge in [0.2, 0.25) is 0 Å². The monoisotopic (exact) mass is 378 g/mol. The maximum Gasteiger partial charge on any atom is 0.133 e. The third-order valence-corrected chi connectivity index (χ3v) is 6.19. The van der Waals surface area contributed by atoms with Crippen LogP contribution in [0.3, 0.4) is 0 Å². The van der Waals surface area contributed by atoms with Crippen molar-refractivity contribution in [2.24, 2.45) is 0 Å². The van der Waals surface area contributed by atoms with Gasteiger partial charge in [0.25, 0.3) is 0 Å². The molecule has 0 atom stereocenters. The molecule has 0 unspecified atom stereocenters. The molecule has 0 amide bonds. The van der Waals surface area contributed by atoms with Crippen molar-refractivity contribution in [2.45, 2.75) is 39.2 Å². The van der Waals surface area contributed by atoms with Crippen LogP contribution in [-0.2, 0) is 5.41 Å². The Labute approximate surface area is 172 Å². The lowest BCUT2D eigenvalue weighted by atomic mass is 9.82. The van der Waals surface area contributed by atoms with Crippen molar-refractivity contribution in [1.82, 2.24) is 4.98 Å². The molecular weight excluding hydrogens is 352 g/mol. The summed E-state index contributed by atoms with van der Waals surface area (Å²) in [6, 6.07) is 28.6. The third-order valence-electron chi connectivity index (χ3n) is 6.19. The van der Waals surface area contributed by atoms with Gasteiger partial charge in [-0.25, -0.2) is 4.98 Å². The molecule has 0 saturated carbocycles. The van der Waals surface area contributed by atoms with Crippen LogP contribution in [0.5, 0.6) is 0 Å². The Bertz CT molecular complexity index is 1220. The lowest BCUT2D eigenvalue weighted by Gasteiger charge is -2.30. The lowest BCUT2D eigenvalue weighted by molar-refractivity contribution is 0.659. The highest BCUT2D eigenvalue weighted by Crippen LogP contribution is 2.49. The first-order valence-corrected chi connectivity index (χ1v) is 10.4. The minimum Gasteiger partial charge on any atom is -0.324 e. The first-order chi connectivity index (χ1) is 14.0. The number of para-hydroxylation sites is 1. The fraction of sp³-hybridized carbons (Fsp3) is 0.222. The lowest BCUT2D eigenvalue weighted by Crippen LogP contribution is -2.27. The second kappa shape index (κ2) is 6.45. The Morgan fingerprint density at radius 1 is 0.759 bits per heavy atom. The molecule has 1 aliphatic carbocycles. The van der Waals surface area contributed by atoms with E-state index in [0.29, 0.717) is 6.04 Å². The highest BCUT2D eigenvalue weighted by Gasteiger charge is 2.35. The first-order valence-electron chi connectivity index (χ1n) is 10.4. The maximum absolute atomic E-state index is 4.97. The van der Waals surface area contributed by atoms with Gasteiger partial charge in [0.1, 0.15) is 5.82 Å². The van der Waals surface area contributed by atoms with Gasteiger partial charge in [0, 0.05) is 22.5 Å². The number of nitrogens with zero attached hydrogens (tertiary/aromatic N) is 2. The summed E-state index contributed by atoms with van der Waals surface area (Å²) in [5.41, 5.74) is 7.74. The van der Waals surface area contributed by atoms with E-state index in [-0.39, 0.29) is 5.41 Å². The van der Waals surface area contributed by atoms with Crippen LogP contribution in [-0.4, -0.2) is 11.0 Å². The second-order valence-corrected chi connectivity index (χ2v) is 8.73. The number of rotatable bonds is 3. The predicted molar refractivity (Wildman–Crippen MR) is 123 cm³/mol. The summed E-state index contributed by atoms with van der Waals surface area (Å²) in [6.07, 6.45) is 0. The van der Waals surface area contributed by atoms with Crippen LogP contribution < -0.4 is 4.90 Å². The summed E-state index contributed by atoms with van der Waals surface area (Å²) in [6.45, 7) is 9.11. The SMILES string of the molecule is CC(C)N(c1ccc2c(c1)C(C)(C)c1ccccc1-2)c1ccc2ccccc2n1. The highest BCUT2D eigenvalue weighted by molar-refractivity contribution is 5.84. The van der Waals surface area contributed by atoms with Gasteiger partial charge in [-0.3, -0.25) is 0 Å². The number of pyridine rings is 1. The largest absolute Gasteiger partial charge is 0.324 e. The van der Waals surface area contributed by atoms with Gasteiger partial charge in [-0.05, 0) is 66.4 Å². The number of benzene rings is 3. The van der Waals surface area contributed by atoms with Crippen LogP contribution in [0, 0.1) is 0 Å². The molecule has 0 fully saturated rings. The fourth-order valence-electron chi connectivity index (χ4n) is 4.73. The minimum absolute atomic E-state index is 0.00139. The van der Waals surface area contributed by atoms with Gasteiger partial charge >= 0.3 is 0 Å². The van der Waals surface area contributed by atoms with E-state index < -0.39 is 0 Å². The molecule has 0 saturated heterocycles. The van der Waals surface area contributed by atoms with Crippen molar-refractivity contribution in [3.05, 3.63) is 90.0 Å². The smallest absolute Gasteiger partial charge is 0.133 e. The van der Waals surface area contributed by atoms with E-state index in [1.807, 2.05) is 6.07 Å². The Kier molecular flexibility index (Phi) is 3.99. The van der Waals surface area contributed by atoms with Crippen LogP contribution in [0.2, 0.25) is 0 Å². The zero-order chi connectivity index (χ0) is 20.2. The van der Waals surface area contributed by atoms with Crippen LogP contribution in [0.1, 0.15) is 38.8 Å². The van der Waals surface area contributed by atoms with Crippen molar-refractivity contribution in [2.75, 3.05) is 4.90 Å². The molecule has 0 N–H and O–H groups in total. The molecule has 2 nitrogen and oxygen atoms in total. The Balaban J connectivity index is 1.65. The molecule has 144 valence electrons. The van der Waals surface area contributed by atoms with E-state index >= 15 is 0 Å². The molecule has 3 aromatic carbocycles. The number of anilines is 2. The average molecular weight is 379 g/mol. The van der Waals surface area contributed by atoms with Gasteiger partial charge < -0.3 is 4.90 Å². The van der Waals surface area contributed by atoms with Crippen LogP contribution in [0.25, 0.3) is 22.0 Å². The van der Waals surface area contributed by atoms with Gasteiger partial charge in [0.05, 0.1) is 5.52 Å². The molecule has 0 bridgehead atoms. The normalized spacial score (nSPS) is 14.1. The number of aromatic nitrogens is 1. The Morgan fingerprint density at radius 2 is 1.48 bits per heavy atom. The summed E-state index contributed by atoms with van der Waals surface area (Å²) < 4.78 is 0. The van der Waals surface area contributed by atoms with Gasteiger partial charge in [0.15, 0.2) is 0 Å². The van der Waals surface area contributed by atoms with E-state index in [4.69, 9.17) is 4.98 Å². The topological polar surface area (TPSA) is 16.1 Å². The quantitative estimate of drug-likeness (QED) is 0.378. The summed E-state index contributed by atoms with van der Waals surface area (Å²) in [5, 5.41) is 1.17. The maximum atomic E-state index is 4.97. The van der Waals surface area contributed by atoms with Crippen LogP contribution in [0.4, 0.5) is 11.5 Å². The molecule has 0 spiro atoms. The van der Waals surface area contributed by atoms with Crippen molar-refractivity contribution in [3.8, 4) is 11.1 Å². The second-order valence-electron chi connectivity index (χ2n) is 8.73. The molecule has 1 aromatic heterocycles. The number of fused-ring (bicyclic) bond motifs is 4. The van der Waals surface area contributed by atoms with E-state index in [9.17, 15) is 0 Å². The average Bonchev–Trinajstić information content (AvgIpc) is 2.95. The summed E-state index contributed by atoms with van der Waals surface area (Å²) in [5.74, 6) is 0.993. The van der Waals surface area contributed by atoms with Crippen LogP contribution in [0.15, 0.2) is 78.9 Å². The predicted octanol–water partition coefficient (Wildman–Crippen LogP) is 7.09. The summed E-state index contributed by atoms with van der Waals surface area (Å²) in [7, 11) is 0. The van der Waals surface area contributed by atoms with Crippen LogP contribution >= 0.6 is 0 Å². The third kappa shape index (κ3) is 2.74. The highest BCUT2D eigenvalue weighted by atomic mass is 15.2. The van der Waals surface area contributed by atoms with Crippen molar-refractivity contribution in [1.29, 1.82) is 0 Å². The van der Waals surface area contributed by atoms with E-state index in [1.165, 1.54) is 33.3 Å². The molecule has 1 aliphatic rings. The first kappa shape index (κ1) is 17.9. The summed E-state index contributed by atoms with van der Waals surface area (Å²) in [4.78, 5) is 7.31. The zero-order valence-corrected chi connectivity index (χ0v) is 17.5. The Morgan fingerprint density at radius 3 is 2.31 bits per heavy atom. The standard InChI is InChI=1S/C27H26N2/c1-18(2)29(26-16-13-19-9-5-8-12-25(19)28-26)20-14-15-22-21-10-6-7-11-23(21)27(3,4)24(22)17-20/h5-18H,1-4H3. The fourth-order valence-corrected chi connectivity index (χ4v) is 4.73. The van der Waals surface area contributed by atoms with E-state index in [0.717, 1.165) is 11.3 Å². The van der Waals surface area contributed by atoms with Gasteiger partial charge in [-0.2, -0.15) is 0 Å². The molecule has 5 rings (SSSR count). The van der Waals surface area contributed by atoms with Crippen molar-refractivity contribution < 1.29 is 0 Å². The molecule has 2 heteroatoms. The van der Waals surface area contributed by atoms with E-state index in [2.05, 4.69) is 105 Å². The molecular formula is C27H26N2. The Hall–Kier alpha value is -3.13. The zero-order valence-electron chi connectivity index (χ0n) is 17.5. The van der Waals surface area contributed by atoms with Gasteiger partial charge in [-0.1, -0.05) is 62.4 Å². The van der Waals surface area contributed by atoms with E-state index in [1.54, 1.807) is 0 Å². The number of hydrogen-bond donors (Lipinski definition) is 0.